The summed E-state index contributed by atoms with van der Waals surface area (Å²) < 4.78 is 9.82. The molecule has 4 nitrogen and oxygen atoms in total. The number of nitrogens with zero attached hydrogens (tertiary/aromatic N) is 4. The topological polar surface area (TPSA) is 19.7 Å². The predicted molar refractivity (Wildman–Crippen MR) is 390 cm³/mol. The second-order valence-corrected chi connectivity index (χ2v) is 24.7. The van der Waals surface area contributed by atoms with Crippen LogP contribution in [0, 0.1) is 0 Å². The van der Waals surface area contributed by atoms with Gasteiger partial charge in [-0.05, 0) is 168 Å². The van der Waals surface area contributed by atoms with Crippen LogP contribution in [0.1, 0.15) is 0 Å². The van der Waals surface area contributed by atoms with Crippen LogP contribution < -0.4 is 0 Å². The van der Waals surface area contributed by atoms with Gasteiger partial charge in [0.2, 0.25) is 0 Å². The van der Waals surface area contributed by atoms with Crippen molar-refractivity contribution >= 4 is 130 Å². The van der Waals surface area contributed by atoms with Crippen molar-refractivity contribution in [2.24, 2.45) is 0 Å². The molecular weight excluding hydrogens is 1110 g/mol. The van der Waals surface area contributed by atoms with E-state index in [1.54, 1.807) is 0 Å². The number of aromatic nitrogens is 4. The van der Waals surface area contributed by atoms with Crippen LogP contribution in [0.25, 0.3) is 186 Å². The molecule has 4 heterocycles. The summed E-state index contributed by atoms with van der Waals surface area (Å²) in [6.07, 6.45) is 0. The van der Waals surface area contributed by atoms with E-state index < -0.39 is 0 Å². The van der Waals surface area contributed by atoms with Gasteiger partial charge < -0.3 is 18.3 Å². The molecule has 20 rings (SSSR count). The normalized spacial score (nSPS) is 12.1. The average Bonchev–Trinajstić information content (AvgIpc) is 1.56. The molecule has 0 saturated heterocycles. The fourth-order valence-corrected chi connectivity index (χ4v) is 15.9. The Morgan fingerprint density at radius 1 is 0.141 bits per heavy atom. The highest BCUT2D eigenvalue weighted by Gasteiger charge is 2.23. The van der Waals surface area contributed by atoms with Gasteiger partial charge in [-0.25, -0.2) is 0 Å². The van der Waals surface area contributed by atoms with Crippen LogP contribution in [0.5, 0.6) is 0 Å². The monoisotopic (exact) mass is 1170 g/mol. The molecule has 0 unspecified atom stereocenters. The van der Waals surface area contributed by atoms with E-state index in [1.807, 2.05) is 0 Å². The van der Waals surface area contributed by atoms with Crippen molar-refractivity contribution in [3.8, 4) is 56.1 Å². The van der Waals surface area contributed by atoms with Crippen LogP contribution in [0.3, 0.4) is 0 Å². The third-order valence-electron chi connectivity index (χ3n) is 19.9. The Labute approximate surface area is 529 Å². The van der Waals surface area contributed by atoms with Crippen LogP contribution in [-0.4, -0.2) is 18.3 Å². The van der Waals surface area contributed by atoms with Crippen LogP contribution >= 0.6 is 0 Å². The number of para-hydroxylation sites is 5. The molecule has 0 atom stereocenters. The molecule has 0 aliphatic carbocycles. The molecule has 0 spiro atoms. The third kappa shape index (κ3) is 7.34. The van der Waals surface area contributed by atoms with Crippen LogP contribution in [-0.2, 0) is 0 Å². The summed E-state index contributed by atoms with van der Waals surface area (Å²) in [5.41, 5.74) is 21.3. The van der Waals surface area contributed by atoms with Crippen molar-refractivity contribution < 1.29 is 0 Å². The first kappa shape index (κ1) is 50.7. The van der Waals surface area contributed by atoms with Crippen LogP contribution in [0.4, 0.5) is 0 Å². The minimum Gasteiger partial charge on any atom is -0.309 e. The second kappa shape index (κ2) is 19.6. The molecule has 0 radical (unpaired) electrons. The zero-order valence-electron chi connectivity index (χ0n) is 50.0. The predicted octanol–water partition coefficient (Wildman–Crippen LogP) is 23.7. The van der Waals surface area contributed by atoms with Gasteiger partial charge in [-0.15, -0.1) is 0 Å². The maximum atomic E-state index is 2.47. The van der Waals surface area contributed by atoms with E-state index in [9.17, 15) is 0 Å². The number of hydrogen-bond donors (Lipinski definition) is 0. The molecule has 20 aromatic rings. The van der Waals surface area contributed by atoms with Gasteiger partial charge in [0.15, 0.2) is 0 Å². The molecule has 4 aromatic heterocycles. The maximum Gasteiger partial charge on any atom is 0.0619 e. The van der Waals surface area contributed by atoms with E-state index in [0.29, 0.717) is 0 Å². The van der Waals surface area contributed by atoms with Gasteiger partial charge >= 0.3 is 0 Å². The van der Waals surface area contributed by atoms with Gasteiger partial charge in [0.1, 0.15) is 0 Å². The quantitative estimate of drug-likeness (QED) is 0.142. The molecule has 0 saturated carbocycles. The lowest BCUT2D eigenvalue weighted by Crippen LogP contribution is -1.95. The summed E-state index contributed by atoms with van der Waals surface area (Å²) in [6.45, 7) is 0. The summed E-state index contributed by atoms with van der Waals surface area (Å²) >= 11 is 0. The minimum atomic E-state index is 1.13. The van der Waals surface area contributed by atoms with Crippen molar-refractivity contribution in [2.45, 2.75) is 0 Å². The van der Waals surface area contributed by atoms with Gasteiger partial charge in [0.05, 0.1) is 44.1 Å². The van der Waals surface area contributed by atoms with Crippen molar-refractivity contribution in [1.82, 2.24) is 18.3 Å². The average molecular weight is 1170 g/mol. The Morgan fingerprint density at radius 2 is 0.457 bits per heavy atom. The van der Waals surface area contributed by atoms with E-state index in [2.05, 4.69) is 346 Å². The molecule has 426 valence electrons. The zero-order valence-corrected chi connectivity index (χ0v) is 50.0. The summed E-state index contributed by atoms with van der Waals surface area (Å²) in [5.74, 6) is 0. The molecule has 16 aromatic carbocycles. The lowest BCUT2D eigenvalue weighted by molar-refractivity contribution is 1.18. The van der Waals surface area contributed by atoms with E-state index in [4.69, 9.17) is 0 Å². The summed E-state index contributed by atoms with van der Waals surface area (Å²) in [5, 5.41) is 20.1. The molecule has 0 bridgehead atoms. The summed E-state index contributed by atoms with van der Waals surface area (Å²) in [7, 11) is 0. The van der Waals surface area contributed by atoms with Gasteiger partial charge in [0, 0.05) is 71.2 Å². The Balaban J connectivity index is 0.702. The first-order valence-electron chi connectivity index (χ1n) is 31.8. The molecule has 4 heteroatoms. The number of benzene rings is 16. The second-order valence-electron chi connectivity index (χ2n) is 24.7. The van der Waals surface area contributed by atoms with E-state index >= 15 is 0 Å². The molecule has 92 heavy (non-hydrogen) atoms. The first-order chi connectivity index (χ1) is 45.7. The molecular formula is C88H54N4. The lowest BCUT2D eigenvalue weighted by atomic mass is 9.95. The first-order valence-corrected chi connectivity index (χ1v) is 31.8. The zero-order chi connectivity index (χ0) is 60.1. The number of hydrogen-bond acceptors (Lipinski definition) is 0. The van der Waals surface area contributed by atoms with Crippen molar-refractivity contribution in [3.05, 3.63) is 328 Å². The maximum absolute atomic E-state index is 2.47. The van der Waals surface area contributed by atoms with Crippen LogP contribution in [0.15, 0.2) is 328 Å². The van der Waals surface area contributed by atoms with Crippen molar-refractivity contribution in [1.29, 1.82) is 0 Å². The minimum absolute atomic E-state index is 1.13. The molecule has 0 N–H and O–H groups in total. The highest BCUT2D eigenvalue weighted by Crippen LogP contribution is 2.47. The Kier molecular flexibility index (Phi) is 10.8. The van der Waals surface area contributed by atoms with E-state index in [0.717, 1.165) is 28.3 Å². The van der Waals surface area contributed by atoms with Gasteiger partial charge in [-0.3, -0.25) is 0 Å². The van der Waals surface area contributed by atoms with Gasteiger partial charge in [0.25, 0.3) is 0 Å². The standard InChI is InChI=1S/C88H54N4/c1-4-19-55(20-5-1)58-23-17-29-63(52-58)90-79-35-14-11-32-75(79)85-70-40-41-71-66(65(70)46-49-82(85)90)45-48-81-87(71)77-38-37-60(54-84(77)89(81)61-25-6-2-7-26-61)57-22-16-21-56(51-57)59-24-18-30-64(53-59)91-80-36-15-12-33-76(80)86-72-42-44-73-68(67(72)47-50-83(86)91)39-43-74-69-31-10-13-34-78(69)92(88(73)74)62-27-8-3-9-28-62/h1-54H. The Hall–Kier alpha value is -12.2. The highest BCUT2D eigenvalue weighted by molar-refractivity contribution is 6.32. The molecule has 0 aliphatic rings. The largest absolute Gasteiger partial charge is 0.309 e. The lowest BCUT2D eigenvalue weighted by Gasteiger charge is -2.13. The van der Waals surface area contributed by atoms with Crippen molar-refractivity contribution in [3.63, 3.8) is 0 Å². The summed E-state index contributed by atoms with van der Waals surface area (Å²) in [6, 6.07) is 122. The van der Waals surface area contributed by atoms with Gasteiger partial charge in [-0.1, -0.05) is 231 Å². The number of rotatable bonds is 7. The van der Waals surface area contributed by atoms with Crippen LogP contribution in [0.2, 0.25) is 0 Å². The molecule has 0 amide bonds. The molecule has 0 fully saturated rings. The third-order valence-corrected chi connectivity index (χ3v) is 19.9. The SMILES string of the molecule is c1ccc(-c2cccc(-n3c4ccccc4c4c5ccc6c(ccc7c6c6ccc(-c8cccc(-c9cccc(-n%10c%11ccccc%11c%11c%12ccc%13c(ccc%14c%15ccccc%15n(-c%15ccccc%15)c%13%14)c%12ccc%11%10)c9)c8)cc6n7-c6ccccc6)c5ccc43)c2)cc1. The van der Waals surface area contributed by atoms with Crippen molar-refractivity contribution in [2.75, 3.05) is 0 Å². The Bertz CT molecular complexity index is 6480. The number of fused-ring (bicyclic) bond motifs is 22. The van der Waals surface area contributed by atoms with Gasteiger partial charge in [-0.2, -0.15) is 0 Å². The Morgan fingerprint density at radius 3 is 0.989 bits per heavy atom. The smallest absolute Gasteiger partial charge is 0.0619 e. The van der Waals surface area contributed by atoms with E-state index in [1.165, 1.54) is 158 Å². The van der Waals surface area contributed by atoms with E-state index in [-0.39, 0.29) is 0 Å². The highest BCUT2D eigenvalue weighted by atomic mass is 15.0. The fourth-order valence-electron chi connectivity index (χ4n) is 15.9. The fraction of sp³-hybridized carbons (Fsp3) is 0. The summed E-state index contributed by atoms with van der Waals surface area (Å²) in [4.78, 5) is 0. The molecule has 0 aliphatic heterocycles.